The maximum Gasteiger partial charge on any atom is 0.323 e. The molecule has 0 aromatic heterocycles. The molecule has 1 aliphatic heterocycles. The third kappa shape index (κ3) is 5.48. The summed E-state index contributed by atoms with van der Waals surface area (Å²) in [6.45, 7) is 8.34. The zero-order valence-corrected chi connectivity index (χ0v) is 13.1. The van der Waals surface area contributed by atoms with Gasteiger partial charge in [0.1, 0.15) is 11.6 Å². The first kappa shape index (κ1) is 16.4. The van der Waals surface area contributed by atoms with Crippen molar-refractivity contribution < 1.29 is 17.9 Å². The summed E-state index contributed by atoms with van der Waals surface area (Å²) in [5.74, 6) is 0.0275. The number of hydrogen-bond acceptors (Lipinski definition) is 5. The molecule has 0 unspecified atom stereocenters. The molecular formula is C13H25NO4S. The summed E-state index contributed by atoms with van der Waals surface area (Å²) in [4.78, 5) is 14.0. The summed E-state index contributed by atoms with van der Waals surface area (Å²) in [5.41, 5.74) is -0.499. The van der Waals surface area contributed by atoms with Gasteiger partial charge in [-0.05, 0) is 40.2 Å². The minimum absolute atomic E-state index is 0.114. The number of sulfone groups is 1. The average Bonchev–Trinajstić information content (AvgIpc) is 2.72. The van der Waals surface area contributed by atoms with Gasteiger partial charge in [0.2, 0.25) is 0 Å². The van der Waals surface area contributed by atoms with Gasteiger partial charge in [-0.3, -0.25) is 9.69 Å². The SMILES string of the molecule is CCS(=O)(=O)CCN1CCC[C@@H]1C(=O)OC(C)(C)C. The molecule has 0 amide bonds. The van der Waals surface area contributed by atoms with Gasteiger partial charge in [0, 0.05) is 12.3 Å². The number of nitrogens with zero attached hydrogens (tertiary/aromatic N) is 1. The second kappa shape index (κ2) is 6.22. The van der Waals surface area contributed by atoms with Crippen molar-refractivity contribution in [3.05, 3.63) is 0 Å². The van der Waals surface area contributed by atoms with Gasteiger partial charge in [0.15, 0.2) is 9.84 Å². The minimum Gasteiger partial charge on any atom is -0.459 e. The summed E-state index contributed by atoms with van der Waals surface area (Å²) in [6.07, 6.45) is 1.66. The van der Waals surface area contributed by atoms with Crippen LogP contribution in [0.25, 0.3) is 0 Å². The third-order valence-electron chi connectivity index (χ3n) is 3.17. The Morgan fingerprint density at radius 1 is 1.37 bits per heavy atom. The Labute approximate surface area is 116 Å². The molecule has 0 spiro atoms. The zero-order chi connectivity index (χ0) is 14.7. The molecule has 1 saturated heterocycles. The summed E-state index contributed by atoms with van der Waals surface area (Å²) in [7, 11) is -2.99. The largest absolute Gasteiger partial charge is 0.459 e. The molecular weight excluding hydrogens is 266 g/mol. The maximum atomic E-state index is 12.1. The quantitative estimate of drug-likeness (QED) is 0.713. The molecule has 0 N–H and O–H groups in total. The molecule has 1 aliphatic rings. The van der Waals surface area contributed by atoms with E-state index in [4.69, 9.17) is 4.74 Å². The van der Waals surface area contributed by atoms with Crippen molar-refractivity contribution >= 4 is 15.8 Å². The molecule has 0 saturated carbocycles. The standard InChI is InChI=1S/C13H25NO4S/c1-5-19(16,17)10-9-14-8-6-7-11(14)12(15)18-13(2,3)4/h11H,5-10H2,1-4H3/t11-/m1/s1. The third-order valence-corrected chi connectivity index (χ3v) is 4.86. The van der Waals surface area contributed by atoms with E-state index in [0.717, 1.165) is 19.4 Å². The Kier molecular flexibility index (Phi) is 5.38. The smallest absolute Gasteiger partial charge is 0.323 e. The first-order valence-corrected chi connectivity index (χ1v) is 8.64. The first-order valence-electron chi connectivity index (χ1n) is 6.82. The van der Waals surface area contributed by atoms with Crippen LogP contribution in [0.5, 0.6) is 0 Å². The molecule has 0 bridgehead atoms. The number of carbonyl (C=O) groups is 1. The number of hydrogen-bond donors (Lipinski definition) is 0. The zero-order valence-electron chi connectivity index (χ0n) is 12.3. The highest BCUT2D eigenvalue weighted by Crippen LogP contribution is 2.20. The van der Waals surface area contributed by atoms with Gasteiger partial charge in [-0.1, -0.05) is 6.92 Å². The van der Waals surface area contributed by atoms with Crippen molar-refractivity contribution in [2.45, 2.75) is 52.2 Å². The molecule has 1 atom stereocenters. The minimum atomic E-state index is -2.99. The monoisotopic (exact) mass is 291 g/mol. The van der Waals surface area contributed by atoms with E-state index >= 15 is 0 Å². The molecule has 19 heavy (non-hydrogen) atoms. The van der Waals surface area contributed by atoms with Gasteiger partial charge < -0.3 is 4.74 Å². The van der Waals surface area contributed by atoms with Gasteiger partial charge in [0.05, 0.1) is 5.75 Å². The van der Waals surface area contributed by atoms with Gasteiger partial charge >= 0.3 is 5.97 Å². The molecule has 112 valence electrons. The molecule has 0 aromatic carbocycles. The fraction of sp³-hybridized carbons (Fsp3) is 0.923. The molecule has 5 nitrogen and oxygen atoms in total. The fourth-order valence-electron chi connectivity index (χ4n) is 2.13. The molecule has 1 heterocycles. The van der Waals surface area contributed by atoms with Crippen molar-refractivity contribution in [1.82, 2.24) is 4.90 Å². The van der Waals surface area contributed by atoms with Crippen molar-refractivity contribution in [3.63, 3.8) is 0 Å². The topological polar surface area (TPSA) is 63.7 Å². The number of rotatable bonds is 5. The molecule has 0 aromatic rings. The van der Waals surface area contributed by atoms with Crippen LogP contribution in [-0.2, 0) is 19.4 Å². The average molecular weight is 291 g/mol. The van der Waals surface area contributed by atoms with Gasteiger partial charge in [-0.25, -0.2) is 8.42 Å². The Bertz CT molecular complexity index is 411. The molecule has 1 rings (SSSR count). The van der Waals surface area contributed by atoms with Crippen LogP contribution in [0.4, 0.5) is 0 Å². The molecule has 1 fully saturated rings. The van der Waals surface area contributed by atoms with E-state index < -0.39 is 15.4 Å². The Morgan fingerprint density at radius 2 is 2.00 bits per heavy atom. The first-order chi connectivity index (χ1) is 8.64. The van der Waals surface area contributed by atoms with E-state index in [9.17, 15) is 13.2 Å². The van der Waals surface area contributed by atoms with Crippen molar-refractivity contribution in [1.29, 1.82) is 0 Å². The van der Waals surface area contributed by atoms with Gasteiger partial charge in [-0.15, -0.1) is 0 Å². The lowest BCUT2D eigenvalue weighted by molar-refractivity contribution is -0.160. The van der Waals surface area contributed by atoms with E-state index in [-0.39, 0.29) is 23.5 Å². The van der Waals surface area contributed by atoms with Crippen LogP contribution in [0.15, 0.2) is 0 Å². The van der Waals surface area contributed by atoms with Crippen LogP contribution in [-0.4, -0.2) is 55.5 Å². The second-order valence-electron chi connectivity index (χ2n) is 5.96. The highest BCUT2D eigenvalue weighted by Gasteiger charge is 2.34. The number of ether oxygens (including phenoxy) is 1. The van der Waals surface area contributed by atoms with Crippen LogP contribution in [0.3, 0.4) is 0 Å². The lowest BCUT2D eigenvalue weighted by Gasteiger charge is -2.27. The van der Waals surface area contributed by atoms with E-state index in [2.05, 4.69) is 0 Å². The number of carbonyl (C=O) groups excluding carboxylic acids is 1. The Balaban J connectivity index is 2.57. The van der Waals surface area contributed by atoms with Crippen LogP contribution >= 0.6 is 0 Å². The van der Waals surface area contributed by atoms with E-state index in [1.165, 1.54) is 0 Å². The lowest BCUT2D eigenvalue weighted by Crippen LogP contribution is -2.42. The normalized spacial score (nSPS) is 21.6. The van der Waals surface area contributed by atoms with Gasteiger partial charge in [0.25, 0.3) is 0 Å². The van der Waals surface area contributed by atoms with Crippen LogP contribution < -0.4 is 0 Å². The van der Waals surface area contributed by atoms with Crippen LogP contribution in [0, 0.1) is 0 Å². The lowest BCUT2D eigenvalue weighted by atomic mass is 10.1. The fourth-order valence-corrected chi connectivity index (χ4v) is 2.93. The summed E-state index contributed by atoms with van der Waals surface area (Å²) < 4.78 is 28.4. The van der Waals surface area contributed by atoms with Crippen LogP contribution in [0.1, 0.15) is 40.5 Å². The Morgan fingerprint density at radius 3 is 2.53 bits per heavy atom. The number of esters is 1. The van der Waals surface area contributed by atoms with Gasteiger partial charge in [-0.2, -0.15) is 0 Å². The molecule has 6 heteroatoms. The summed E-state index contributed by atoms with van der Waals surface area (Å²) in [5, 5.41) is 0. The second-order valence-corrected chi connectivity index (χ2v) is 8.44. The predicted octanol–water partition coefficient (Wildman–Crippen LogP) is 1.23. The van der Waals surface area contributed by atoms with E-state index in [0.29, 0.717) is 6.54 Å². The van der Waals surface area contributed by atoms with E-state index in [1.54, 1.807) is 6.92 Å². The van der Waals surface area contributed by atoms with Crippen LogP contribution in [0.2, 0.25) is 0 Å². The highest BCUT2D eigenvalue weighted by molar-refractivity contribution is 7.91. The molecule has 0 radical (unpaired) electrons. The summed E-state index contributed by atoms with van der Waals surface area (Å²) in [6, 6.07) is -0.286. The maximum absolute atomic E-state index is 12.1. The summed E-state index contributed by atoms with van der Waals surface area (Å²) >= 11 is 0. The van der Waals surface area contributed by atoms with E-state index in [1.807, 2.05) is 25.7 Å². The Hall–Kier alpha value is -0.620. The predicted molar refractivity (Wildman–Crippen MR) is 74.8 cm³/mol. The van der Waals surface area contributed by atoms with Crippen molar-refractivity contribution in [3.8, 4) is 0 Å². The molecule has 0 aliphatic carbocycles. The highest BCUT2D eigenvalue weighted by atomic mass is 32.2. The van der Waals surface area contributed by atoms with Crippen molar-refractivity contribution in [2.24, 2.45) is 0 Å². The number of likely N-dealkylation sites (tertiary alicyclic amines) is 1. The van der Waals surface area contributed by atoms with Crippen molar-refractivity contribution in [2.75, 3.05) is 24.6 Å².